The Kier molecular flexibility index (Phi) is 8.68. The highest BCUT2D eigenvalue weighted by molar-refractivity contribution is 8.76. The second-order valence-electron chi connectivity index (χ2n) is 3.83. The molecule has 0 fully saturated rings. The minimum Gasteiger partial charge on any atom is -0.465 e. The number of carboxylic acid groups (broad SMARTS) is 1. The van der Waals surface area contributed by atoms with Crippen LogP contribution in [-0.4, -0.2) is 46.9 Å². The molecule has 11 heteroatoms. The number of carbonyl (C=O) groups excluding carboxylic acids is 1. The third-order valence-corrected chi connectivity index (χ3v) is 4.55. The minimum atomic E-state index is -1.06. The lowest BCUT2D eigenvalue weighted by Crippen LogP contribution is -2.23. The monoisotopic (exact) mass is 362 g/mol. The summed E-state index contributed by atoms with van der Waals surface area (Å²) in [6.45, 7) is 0.478. The van der Waals surface area contributed by atoms with Crippen LogP contribution in [0.4, 0.5) is 15.3 Å². The molecule has 0 heterocycles. The summed E-state index contributed by atoms with van der Waals surface area (Å²) in [4.78, 5) is 31.5. The van der Waals surface area contributed by atoms with E-state index in [1.807, 2.05) is 0 Å². The van der Waals surface area contributed by atoms with E-state index in [1.54, 1.807) is 0 Å². The number of nitrogens with one attached hydrogen (secondary N) is 1. The van der Waals surface area contributed by atoms with E-state index >= 15 is 0 Å². The average molecular weight is 362 g/mol. The number of nitro benzene ring substituents is 1. The molecule has 1 rings (SSSR count). The zero-order chi connectivity index (χ0) is 17.1. The van der Waals surface area contributed by atoms with Crippen LogP contribution >= 0.6 is 21.6 Å². The molecule has 0 aromatic heterocycles. The van der Waals surface area contributed by atoms with Gasteiger partial charge in [-0.15, -0.1) is 0 Å². The second-order valence-corrected chi connectivity index (χ2v) is 6.53. The fourth-order valence-electron chi connectivity index (χ4n) is 1.24. The summed E-state index contributed by atoms with van der Waals surface area (Å²) in [6, 6.07) is 5.05. The number of hydrogen-bond acceptors (Lipinski definition) is 8. The lowest BCUT2D eigenvalue weighted by atomic mass is 10.3. The van der Waals surface area contributed by atoms with Crippen LogP contribution < -0.4 is 10.1 Å². The van der Waals surface area contributed by atoms with Gasteiger partial charge in [0.2, 0.25) is 0 Å². The SMILES string of the molecule is O=C(O)NCCSSCCOC(=O)Oc1ccc([N+](=O)[O-])cc1. The van der Waals surface area contributed by atoms with Crippen molar-refractivity contribution in [2.45, 2.75) is 0 Å². The quantitative estimate of drug-likeness (QED) is 0.170. The van der Waals surface area contributed by atoms with Crippen LogP contribution in [0.15, 0.2) is 24.3 Å². The molecule has 0 unspecified atom stereocenters. The van der Waals surface area contributed by atoms with E-state index in [0.717, 1.165) is 0 Å². The molecule has 23 heavy (non-hydrogen) atoms. The van der Waals surface area contributed by atoms with E-state index in [9.17, 15) is 19.7 Å². The highest BCUT2D eigenvalue weighted by Gasteiger charge is 2.09. The molecule has 9 nitrogen and oxygen atoms in total. The first-order valence-corrected chi connectivity index (χ1v) is 8.78. The number of ether oxygens (including phenoxy) is 2. The number of benzene rings is 1. The van der Waals surface area contributed by atoms with Gasteiger partial charge in [-0.3, -0.25) is 10.1 Å². The average Bonchev–Trinajstić information content (AvgIpc) is 2.50. The number of nitro groups is 1. The van der Waals surface area contributed by atoms with E-state index in [-0.39, 0.29) is 18.0 Å². The third-order valence-electron chi connectivity index (χ3n) is 2.18. The molecule has 0 spiro atoms. The Hall–Kier alpha value is -2.14. The summed E-state index contributed by atoms with van der Waals surface area (Å²) >= 11 is 0. The number of carbonyl (C=O) groups is 2. The predicted octanol–water partition coefficient (Wildman–Crippen LogP) is 2.76. The van der Waals surface area contributed by atoms with Crippen LogP contribution in [-0.2, 0) is 4.74 Å². The first-order valence-electron chi connectivity index (χ1n) is 6.29. The van der Waals surface area contributed by atoms with E-state index in [4.69, 9.17) is 14.6 Å². The van der Waals surface area contributed by atoms with Gasteiger partial charge in [0.1, 0.15) is 12.4 Å². The van der Waals surface area contributed by atoms with Crippen molar-refractivity contribution in [3.63, 3.8) is 0 Å². The van der Waals surface area contributed by atoms with Crippen molar-refractivity contribution in [3.8, 4) is 5.75 Å². The Labute approximate surface area is 139 Å². The Morgan fingerprint density at radius 3 is 2.48 bits per heavy atom. The molecular weight excluding hydrogens is 348 g/mol. The molecule has 0 saturated heterocycles. The van der Waals surface area contributed by atoms with Crippen LogP contribution in [0.2, 0.25) is 0 Å². The maximum absolute atomic E-state index is 11.4. The highest BCUT2D eigenvalue weighted by Crippen LogP contribution is 2.20. The van der Waals surface area contributed by atoms with Gasteiger partial charge in [-0.25, -0.2) is 9.59 Å². The smallest absolute Gasteiger partial charge is 0.465 e. The highest BCUT2D eigenvalue weighted by atomic mass is 33.1. The molecular formula is C12H14N2O7S2. The van der Waals surface area contributed by atoms with Gasteiger partial charge in [-0.2, -0.15) is 0 Å². The Morgan fingerprint density at radius 1 is 1.22 bits per heavy atom. The number of amides is 1. The molecule has 0 bridgehead atoms. The van der Waals surface area contributed by atoms with Gasteiger partial charge in [-0.05, 0) is 12.1 Å². The van der Waals surface area contributed by atoms with Crippen LogP contribution in [0.1, 0.15) is 0 Å². The second kappa shape index (κ2) is 10.6. The third kappa shape index (κ3) is 8.78. The molecule has 1 aromatic carbocycles. The summed E-state index contributed by atoms with van der Waals surface area (Å²) in [6.07, 6.45) is -1.95. The Morgan fingerprint density at radius 2 is 1.87 bits per heavy atom. The molecule has 0 atom stereocenters. The normalized spacial score (nSPS) is 9.91. The van der Waals surface area contributed by atoms with Gasteiger partial charge in [0.15, 0.2) is 0 Å². The van der Waals surface area contributed by atoms with Gasteiger partial charge in [0.25, 0.3) is 5.69 Å². The molecule has 2 N–H and O–H groups in total. The van der Waals surface area contributed by atoms with E-state index < -0.39 is 17.2 Å². The summed E-state index contributed by atoms with van der Waals surface area (Å²) in [5.41, 5.74) is -0.100. The molecule has 0 aliphatic rings. The van der Waals surface area contributed by atoms with Crippen LogP contribution in [0.5, 0.6) is 5.75 Å². The van der Waals surface area contributed by atoms with Gasteiger partial charge in [-0.1, -0.05) is 21.6 Å². The predicted molar refractivity (Wildman–Crippen MR) is 86.0 cm³/mol. The number of non-ortho nitro benzene ring substituents is 1. The first kappa shape index (κ1) is 18.9. The van der Waals surface area contributed by atoms with Gasteiger partial charge >= 0.3 is 12.2 Å². The van der Waals surface area contributed by atoms with Crippen LogP contribution in [0.25, 0.3) is 0 Å². The van der Waals surface area contributed by atoms with Crippen LogP contribution in [0.3, 0.4) is 0 Å². The van der Waals surface area contributed by atoms with Crippen molar-refractivity contribution in [3.05, 3.63) is 34.4 Å². The minimum absolute atomic E-state index is 0.100. The summed E-state index contributed by atoms with van der Waals surface area (Å²) < 4.78 is 9.67. The van der Waals surface area contributed by atoms with Gasteiger partial charge < -0.3 is 19.9 Å². The largest absolute Gasteiger partial charge is 0.513 e. The topological polar surface area (TPSA) is 128 Å². The lowest BCUT2D eigenvalue weighted by molar-refractivity contribution is -0.384. The van der Waals surface area contributed by atoms with E-state index in [2.05, 4.69) is 5.32 Å². The fraction of sp³-hybridized carbons (Fsp3) is 0.333. The van der Waals surface area contributed by atoms with Crippen molar-refractivity contribution in [1.82, 2.24) is 5.32 Å². The van der Waals surface area contributed by atoms with Crippen molar-refractivity contribution in [2.75, 3.05) is 24.7 Å². The maximum Gasteiger partial charge on any atom is 0.513 e. The zero-order valence-electron chi connectivity index (χ0n) is 11.8. The Bertz CT molecular complexity index is 539. The van der Waals surface area contributed by atoms with E-state index in [0.29, 0.717) is 18.1 Å². The van der Waals surface area contributed by atoms with E-state index in [1.165, 1.54) is 45.9 Å². The molecule has 0 radical (unpaired) electrons. The number of hydrogen-bond donors (Lipinski definition) is 2. The van der Waals surface area contributed by atoms with Crippen molar-refractivity contribution in [2.24, 2.45) is 0 Å². The molecule has 0 aliphatic heterocycles. The summed E-state index contributed by atoms with van der Waals surface area (Å²) in [5, 5.41) is 21.0. The lowest BCUT2D eigenvalue weighted by Gasteiger charge is -2.05. The maximum atomic E-state index is 11.4. The van der Waals surface area contributed by atoms with Gasteiger partial charge in [0.05, 0.1) is 4.92 Å². The first-order chi connectivity index (χ1) is 11.0. The summed E-state index contributed by atoms with van der Waals surface area (Å²) in [7, 11) is 2.88. The van der Waals surface area contributed by atoms with Crippen molar-refractivity contribution >= 4 is 39.5 Å². The molecule has 0 aliphatic carbocycles. The Balaban J connectivity index is 2.10. The van der Waals surface area contributed by atoms with Crippen molar-refractivity contribution < 1.29 is 29.1 Å². The molecule has 126 valence electrons. The number of nitrogens with zero attached hydrogens (tertiary/aromatic N) is 1. The molecule has 1 amide bonds. The fourth-order valence-corrected chi connectivity index (χ4v) is 2.97. The standard InChI is InChI=1S/C12H14N2O7S2/c15-11(16)13-5-7-22-23-8-6-20-12(17)21-10-3-1-9(2-4-10)14(18)19/h1-4,13H,5-8H2,(H,15,16). The van der Waals surface area contributed by atoms with Crippen molar-refractivity contribution in [1.29, 1.82) is 0 Å². The van der Waals surface area contributed by atoms with Crippen LogP contribution in [0, 0.1) is 10.1 Å². The summed E-state index contributed by atoms with van der Waals surface area (Å²) in [5.74, 6) is 1.28. The van der Waals surface area contributed by atoms with Gasteiger partial charge in [0, 0.05) is 30.2 Å². The zero-order valence-corrected chi connectivity index (χ0v) is 13.4. The number of rotatable bonds is 9. The molecule has 0 saturated carbocycles. The molecule has 1 aromatic rings.